The second-order valence-corrected chi connectivity index (χ2v) is 5.94. The van der Waals surface area contributed by atoms with Gasteiger partial charge in [0, 0.05) is 31.8 Å². The van der Waals surface area contributed by atoms with E-state index in [1.807, 2.05) is 12.1 Å². The van der Waals surface area contributed by atoms with Crippen LogP contribution in [0.2, 0.25) is 0 Å². The molecular formula is C16H21N3O4. The van der Waals surface area contributed by atoms with Crippen molar-refractivity contribution in [1.29, 1.82) is 0 Å². The van der Waals surface area contributed by atoms with Crippen LogP contribution < -0.4 is 5.32 Å². The summed E-state index contributed by atoms with van der Waals surface area (Å²) in [6.45, 7) is 3.56. The van der Waals surface area contributed by atoms with Crippen LogP contribution in [0.25, 0.3) is 0 Å². The molecule has 23 heavy (non-hydrogen) atoms. The molecule has 3 atom stereocenters. The quantitative estimate of drug-likeness (QED) is 0.824. The summed E-state index contributed by atoms with van der Waals surface area (Å²) in [6.07, 6.45) is 3.45. The molecule has 0 aromatic carbocycles. The molecular weight excluding hydrogens is 298 g/mol. The van der Waals surface area contributed by atoms with E-state index in [0.29, 0.717) is 26.4 Å². The molecule has 2 amide bonds. The number of carbonyl (C=O) groups excluding carboxylic acids is 2. The molecule has 0 saturated carbocycles. The number of likely N-dealkylation sites (tertiary alicyclic amines) is 1. The average molecular weight is 319 g/mol. The molecule has 0 radical (unpaired) electrons. The number of fused-ring (bicyclic) bond motifs is 1. The number of nitrogens with zero attached hydrogens (tertiary/aromatic N) is 2. The maximum absolute atomic E-state index is 12.3. The van der Waals surface area contributed by atoms with Gasteiger partial charge in [0.2, 0.25) is 11.8 Å². The van der Waals surface area contributed by atoms with Crippen molar-refractivity contribution in [2.45, 2.75) is 25.7 Å². The largest absolute Gasteiger partial charge is 0.379 e. The van der Waals surface area contributed by atoms with E-state index in [4.69, 9.17) is 9.47 Å². The number of hydrogen-bond donors (Lipinski definition) is 1. The molecule has 3 heterocycles. The van der Waals surface area contributed by atoms with Gasteiger partial charge in [-0.1, -0.05) is 6.07 Å². The molecule has 124 valence electrons. The number of nitrogens with one attached hydrogen (secondary N) is 1. The van der Waals surface area contributed by atoms with Crippen molar-refractivity contribution in [1.82, 2.24) is 15.2 Å². The van der Waals surface area contributed by atoms with Gasteiger partial charge < -0.3 is 19.7 Å². The number of rotatable bonds is 5. The van der Waals surface area contributed by atoms with Gasteiger partial charge in [-0.25, -0.2) is 0 Å². The maximum Gasteiger partial charge on any atom is 0.242 e. The van der Waals surface area contributed by atoms with Crippen LogP contribution >= 0.6 is 0 Å². The van der Waals surface area contributed by atoms with Gasteiger partial charge in [0.25, 0.3) is 0 Å². The van der Waals surface area contributed by atoms with Crippen LogP contribution in [0.4, 0.5) is 0 Å². The van der Waals surface area contributed by atoms with E-state index in [9.17, 15) is 9.59 Å². The smallest absolute Gasteiger partial charge is 0.242 e. The van der Waals surface area contributed by atoms with Crippen LogP contribution in [0.15, 0.2) is 24.5 Å². The minimum Gasteiger partial charge on any atom is -0.379 e. The molecule has 0 bridgehead atoms. The fourth-order valence-corrected chi connectivity index (χ4v) is 3.15. The summed E-state index contributed by atoms with van der Waals surface area (Å²) in [4.78, 5) is 29.1. The Hall–Kier alpha value is -1.99. The molecule has 7 heteroatoms. The van der Waals surface area contributed by atoms with E-state index >= 15 is 0 Å². The third-order valence-corrected chi connectivity index (χ3v) is 4.34. The highest BCUT2D eigenvalue weighted by Crippen LogP contribution is 2.32. The Morgan fingerprint density at radius 3 is 3.09 bits per heavy atom. The van der Waals surface area contributed by atoms with Crippen molar-refractivity contribution >= 4 is 11.8 Å². The lowest BCUT2D eigenvalue weighted by Gasteiger charge is -2.22. The van der Waals surface area contributed by atoms with Crippen molar-refractivity contribution in [2.75, 3.05) is 26.3 Å². The average Bonchev–Trinajstić information content (AvgIpc) is 3.14. The van der Waals surface area contributed by atoms with E-state index in [1.54, 1.807) is 17.3 Å². The summed E-state index contributed by atoms with van der Waals surface area (Å²) in [5.41, 5.74) is 1.01. The zero-order valence-corrected chi connectivity index (χ0v) is 13.1. The van der Waals surface area contributed by atoms with Gasteiger partial charge in [-0.15, -0.1) is 0 Å². The van der Waals surface area contributed by atoms with Gasteiger partial charge in [0.15, 0.2) is 0 Å². The molecule has 2 aliphatic heterocycles. The van der Waals surface area contributed by atoms with Gasteiger partial charge in [-0.3, -0.25) is 14.6 Å². The van der Waals surface area contributed by atoms with Crippen molar-refractivity contribution < 1.29 is 19.1 Å². The summed E-state index contributed by atoms with van der Waals surface area (Å²) >= 11 is 0. The fourth-order valence-electron chi connectivity index (χ4n) is 3.15. The van der Waals surface area contributed by atoms with E-state index in [0.717, 1.165) is 5.56 Å². The first-order chi connectivity index (χ1) is 11.1. The lowest BCUT2D eigenvalue weighted by atomic mass is 10.0. The molecule has 0 aliphatic carbocycles. The molecule has 2 fully saturated rings. The first kappa shape index (κ1) is 15.9. The van der Waals surface area contributed by atoms with E-state index in [-0.39, 0.29) is 36.4 Å². The van der Waals surface area contributed by atoms with Gasteiger partial charge in [0.05, 0.1) is 38.5 Å². The summed E-state index contributed by atoms with van der Waals surface area (Å²) in [7, 11) is 0. The van der Waals surface area contributed by atoms with Crippen LogP contribution in [-0.4, -0.2) is 60.1 Å². The van der Waals surface area contributed by atoms with Gasteiger partial charge in [0.1, 0.15) is 0 Å². The topological polar surface area (TPSA) is 80.8 Å². The number of amides is 2. The molecule has 2 aliphatic rings. The number of carbonyl (C=O) groups is 2. The zero-order valence-electron chi connectivity index (χ0n) is 13.1. The van der Waals surface area contributed by atoms with Crippen LogP contribution in [0.1, 0.15) is 12.5 Å². The molecule has 3 rings (SSSR count). The third kappa shape index (κ3) is 3.68. The SMILES string of the molecule is CC(=O)NCC(=O)N1C[C@H](OCc2cccnc2)[C@@H]2COC[C@@H]21. The molecule has 2 saturated heterocycles. The summed E-state index contributed by atoms with van der Waals surface area (Å²) in [6, 6.07) is 3.87. The first-order valence-corrected chi connectivity index (χ1v) is 7.77. The van der Waals surface area contributed by atoms with Gasteiger partial charge in [-0.05, 0) is 11.6 Å². The Morgan fingerprint density at radius 1 is 1.48 bits per heavy atom. The van der Waals surface area contributed by atoms with Crippen molar-refractivity contribution in [2.24, 2.45) is 5.92 Å². The monoisotopic (exact) mass is 319 g/mol. The molecule has 1 aromatic heterocycles. The molecule has 1 N–H and O–H groups in total. The Morgan fingerprint density at radius 2 is 2.35 bits per heavy atom. The number of aromatic nitrogens is 1. The molecule has 7 nitrogen and oxygen atoms in total. The number of ether oxygens (including phenoxy) is 2. The van der Waals surface area contributed by atoms with Gasteiger partial charge >= 0.3 is 0 Å². The number of hydrogen-bond acceptors (Lipinski definition) is 5. The third-order valence-electron chi connectivity index (χ3n) is 4.34. The predicted molar refractivity (Wildman–Crippen MR) is 81.3 cm³/mol. The Bertz CT molecular complexity index is 566. The summed E-state index contributed by atoms with van der Waals surface area (Å²) in [5, 5.41) is 2.55. The Kier molecular flexibility index (Phi) is 4.88. The van der Waals surface area contributed by atoms with Crippen molar-refractivity contribution in [3.63, 3.8) is 0 Å². The van der Waals surface area contributed by atoms with E-state index in [2.05, 4.69) is 10.3 Å². The molecule has 0 unspecified atom stereocenters. The van der Waals surface area contributed by atoms with E-state index < -0.39 is 0 Å². The van der Waals surface area contributed by atoms with E-state index in [1.165, 1.54) is 6.92 Å². The van der Waals surface area contributed by atoms with Crippen molar-refractivity contribution in [3.8, 4) is 0 Å². The lowest BCUT2D eigenvalue weighted by molar-refractivity contribution is -0.134. The van der Waals surface area contributed by atoms with Gasteiger partial charge in [-0.2, -0.15) is 0 Å². The zero-order chi connectivity index (χ0) is 16.2. The highest BCUT2D eigenvalue weighted by Gasteiger charge is 2.47. The molecule has 0 spiro atoms. The van der Waals surface area contributed by atoms with Crippen molar-refractivity contribution in [3.05, 3.63) is 30.1 Å². The van der Waals surface area contributed by atoms with Crippen LogP contribution in [-0.2, 0) is 25.7 Å². The second-order valence-electron chi connectivity index (χ2n) is 5.94. The standard InChI is InChI=1S/C16H21N3O4/c1-11(20)18-6-16(21)19-7-15(13-9-22-10-14(13)19)23-8-12-3-2-4-17-5-12/h2-5,13-15H,6-10H2,1H3,(H,18,20)/t13-,14+,15+/m1/s1. The minimum atomic E-state index is -0.207. The highest BCUT2D eigenvalue weighted by atomic mass is 16.5. The lowest BCUT2D eigenvalue weighted by Crippen LogP contribution is -2.43. The summed E-state index contributed by atoms with van der Waals surface area (Å²) < 4.78 is 11.5. The Balaban J connectivity index is 1.59. The summed E-state index contributed by atoms with van der Waals surface area (Å²) in [5.74, 6) is -0.109. The second kappa shape index (κ2) is 7.06. The Labute approximate surface area is 135 Å². The maximum atomic E-state index is 12.3. The van der Waals surface area contributed by atoms with Crippen LogP contribution in [0.3, 0.4) is 0 Å². The fraction of sp³-hybridized carbons (Fsp3) is 0.562. The first-order valence-electron chi connectivity index (χ1n) is 7.77. The van der Waals surface area contributed by atoms with Crippen LogP contribution in [0, 0.1) is 5.92 Å². The van der Waals surface area contributed by atoms with Crippen LogP contribution in [0.5, 0.6) is 0 Å². The normalized spacial score (nSPS) is 26.1. The number of pyridine rings is 1. The molecule has 1 aromatic rings. The minimum absolute atomic E-state index is 0.0217. The predicted octanol–water partition coefficient (Wildman–Crippen LogP) is -0.0399. The highest BCUT2D eigenvalue weighted by molar-refractivity contribution is 5.84.